The van der Waals surface area contributed by atoms with Gasteiger partial charge in [0.05, 0.1) is 28.2 Å². The molecule has 4 N–H and O–H groups in total. The third-order valence-corrected chi connectivity index (χ3v) is 7.60. The van der Waals surface area contributed by atoms with Crippen molar-refractivity contribution in [2.75, 3.05) is 31.2 Å². The van der Waals surface area contributed by atoms with Crippen LogP contribution in [-0.2, 0) is 27.7 Å². The first kappa shape index (κ1) is 25.8. The van der Waals surface area contributed by atoms with Crippen molar-refractivity contribution < 1.29 is 18.4 Å². The molecule has 0 aliphatic rings. The number of nitrogens with zero attached hydrogens (tertiary/aromatic N) is 4. The van der Waals surface area contributed by atoms with Gasteiger partial charge in [-0.2, -0.15) is 0 Å². The number of sulfonamides is 1. The van der Waals surface area contributed by atoms with E-state index in [0.717, 1.165) is 28.3 Å². The van der Waals surface area contributed by atoms with Gasteiger partial charge in [0.15, 0.2) is 5.82 Å². The van der Waals surface area contributed by atoms with Gasteiger partial charge in [0, 0.05) is 32.0 Å². The second-order valence-corrected chi connectivity index (χ2v) is 10.2. The summed E-state index contributed by atoms with van der Waals surface area (Å²) in [6, 6.07) is 11.7. The number of aryl methyl sites for hydroxylation is 2. The van der Waals surface area contributed by atoms with Crippen LogP contribution in [0.5, 0.6) is 0 Å². The van der Waals surface area contributed by atoms with Gasteiger partial charge in [0.1, 0.15) is 11.3 Å². The molecule has 0 amide bonds. The lowest BCUT2D eigenvalue weighted by Crippen LogP contribution is -2.26. The number of aromatic nitrogens is 3. The predicted molar refractivity (Wildman–Crippen MR) is 138 cm³/mol. The first-order chi connectivity index (χ1) is 17.2. The molecule has 0 atom stereocenters. The van der Waals surface area contributed by atoms with Crippen molar-refractivity contribution in [3.63, 3.8) is 0 Å². The van der Waals surface area contributed by atoms with Gasteiger partial charge < -0.3 is 25.5 Å². The second-order valence-electron chi connectivity index (χ2n) is 8.46. The lowest BCUT2D eigenvalue weighted by Gasteiger charge is -2.22. The van der Waals surface area contributed by atoms with Gasteiger partial charge >= 0.3 is 0 Å². The fraction of sp³-hybridized carbons (Fsp3) is 0.333. The molecule has 4 rings (SSSR count). The Labute approximate surface area is 209 Å². The first-order valence-corrected chi connectivity index (χ1v) is 13.0. The normalized spacial score (nSPS) is 12.0. The van der Waals surface area contributed by atoms with Crippen LogP contribution in [0.2, 0.25) is 0 Å². The average molecular weight is 514 g/mol. The summed E-state index contributed by atoms with van der Waals surface area (Å²) < 4.78 is 35.5. The lowest BCUT2D eigenvalue weighted by molar-refractivity contribution is 0.199. The SMILES string of the molecule is COCCc1nc2c(N)nc3ccccc3c2n1CCCCNS(=O)(=O)c1cc(N([O-])O)ccc1C. The Morgan fingerprint density at radius 2 is 1.97 bits per heavy atom. The summed E-state index contributed by atoms with van der Waals surface area (Å²) in [6.07, 6.45) is 1.84. The van der Waals surface area contributed by atoms with E-state index in [2.05, 4.69) is 14.3 Å². The zero-order valence-corrected chi connectivity index (χ0v) is 21.0. The number of hydrogen-bond donors (Lipinski definition) is 3. The van der Waals surface area contributed by atoms with Crippen molar-refractivity contribution in [2.24, 2.45) is 0 Å². The molecular formula is C24H29N6O5S-. The molecular weight excluding hydrogens is 484 g/mol. The first-order valence-electron chi connectivity index (χ1n) is 11.5. The summed E-state index contributed by atoms with van der Waals surface area (Å²) in [5.74, 6) is 1.20. The summed E-state index contributed by atoms with van der Waals surface area (Å²) in [7, 11) is -2.22. The van der Waals surface area contributed by atoms with Gasteiger partial charge in [-0.25, -0.2) is 23.1 Å². The maximum atomic E-state index is 12.8. The molecule has 0 bridgehead atoms. The van der Waals surface area contributed by atoms with Gasteiger partial charge in [-0.15, -0.1) is 0 Å². The third kappa shape index (κ3) is 5.27. The Morgan fingerprint density at radius 3 is 2.72 bits per heavy atom. The van der Waals surface area contributed by atoms with E-state index in [-0.39, 0.29) is 22.4 Å². The number of unbranched alkanes of at least 4 members (excludes halogenated alkanes) is 1. The molecule has 192 valence electrons. The molecule has 12 heteroatoms. The lowest BCUT2D eigenvalue weighted by atomic mass is 10.2. The molecule has 2 heterocycles. The Kier molecular flexibility index (Phi) is 7.71. The smallest absolute Gasteiger partial charge is 0.240 e. The summed E-state index contributed by atoms with van der Waals surface area (Å²) in [4.78, 5) is 9.18. The Morgan fingerprint density at radius 1 is 1.19 bits per heavy atom. The van der Waals surface area contributed by atoms with Crippen LogP contribution >= 0.6 is 0 Å². The van der Waals surface area contributed by atoms with Crippen LogP contribution in [0.3, 0.4) is 0 Å². The monoisotopic (exact) mass is 513 g/mol. The van der Waals surface area contributed by atoms with E-state index in [4.69, 9.17) is 20.7 Å². The summed E-state index contributed by atoms with van der Waals surface area (Å²) in [6.45, 7) is 2.94. The zero-order valence-electron chi connectivity index (χ0n) is 20.1. The topological polar surface area (TPSA) is 159 Å². The van der Waals surface area contributed by atoms with E-state index in [1.807, 2.05) is 24.3 Å². The molecule has 0 fully saturated rings. The van der Waals surface area contributed by atoms with Crippen LogP contribution in [0.25, 0.3) is 21.9 Å². The van der Waals surface area contributed by atoms with Gasteiger partial charge in [0.2, 0.25) is 10.0 Å². The van der Waals surface area contributed by atoms with Crippen LogP contribution in [0.15, 0.2) is 47.4 Å². The highest BCUT2D eigenvalue weighted by atomic mass is 32.2. The number of anilines is 2. The van der Waals surface area contributed by atoms with Crippen molar-refractivity contribution in [1.29, 1.82) is 0 Å². The van der Waals surface area contributed by atoms with E-state index < -0.39 is 10.0 Å². The van der Waals surface area contributed by atoms with Crippen molar-refractivity contribution >= 4 is 43.5 Å². The van der Waals surface area contributed by atoms with E-state index in [9.17, 15) is 13.6 Å². The van der Waals surface area contributed by atoms with E-state index in [1.54, 1.807) is 14.0 Å². The van der Waals surface area contributed by atoms with E-state index >= 15 is 0 Å². The highest BCUT2D eigenvalue weighted by Gasteiger charge is 2.19. The third-order valence-electron chi connectivity index (χ3n) is 6.00. The quantitative estimate of drug-likeness (QED) is 0.202. The molecule has 4 aromatic rings. The summed E-state index contributed by atoms with van der Waals surface area (Å²) in [5, 5.41) is 20.9. The molecule has 0 saturated heterocycles. The van der Waals surface area contributed by atoms with Crippen LogP contribution in [0.1, 0.15) is 24.2 Å². The minimum Gasteiger partial charge on any atom is -0.733 e. The number of nitrogens with two attached hydrogens (primary N) is 1. The molecule has 0 aliphatic carbocycles. The molecule has 0 spiro atoms. The number of nitrogen functional groups attached to an aromatic ring is 1. The van der Waals surface area contributed by atoms with Crippen molar-refractivity contribution in [2.45, 2.75) is 37.6 Å². The average Bonchev–Trinajstić information content (AvgIpc) is 3.21. The number of rotatable bonds is 11. The Hall–Kier alpha value is -3.29. The second kappa shape index (κ2) is 10.8. The minimum atomic E-state index is -3.86. The zero-order chi connectivity index (χ0) is 25.9. The van der Waals surface area contributed by atoms with Crippen LogP contribution in [-0.4, -0.2) is 48.4 Å². The maximum Gasteiger partial charge on any atom is 0.240 e. The van der Waals surface area contributed by atoms with E-state index in [0.29, 0.717) is 49.3 Å². The highest BCUT2D eigenvalue weighted by Crippen LogP contribution is 2.29. The largest absolute Gasteiger partial charge is 0.733 e. The molecule has 36 heavy (non-hydrogen) atoms. The fourth-order valence-corrected chi connectivity index (χ4v) is 5.54. The number of para-hydroxylation sites is 1. The minimum absolute atomic E-state index is 0.0493. The van der Waals surface area contributed by atoms with E-state index in [1.165, 1.54) is 12.1 Å². The number of methoxy groups -OCH3 is 1. The maximum absolute atomic E-state index is 12.8. The standard InChI is InChI=1S/C24H29N6O5S/c1-16-9-10-17(30(31)32)15-20(16)36(33,34)26-12-5-6-13-29-21(11-14-35-2)28-22-23(29)18-7-3-4-8-19(18)27-24(22)25/h3-4,7-10,15,26,31H,5-6,11-14H2,1-2H3,(H2,25,27)/q-1. The van der Waals surface area contributed by atoms with Gasteiger partial charge in [-0.1, -0.05) is 24.3 Å². The summed E-state index contributed by atoms with van der Waals surface area (Å²) in [5.41, 5.74) is 8.87. The van der Waals surface area contributed by atoms with Crippen LogP contribution < -0.4 is 15.7 Å². The number of nitrogens with one attached hydrogen (secondary N) is 1. The molecule has 0 saturated carbocycles. The molecule has 2 aromatic carbocycles. The molecule has 0 aliphatic heterocycles. The number of benzene rings is 2. The molecule has 2 aromatic heterocycles. The number of imidazole rings is 1. The number of ether oxygens (including phenoxy) is 1. The Bertz CT molecular complexity index is 1490. The molecule has 0 unspecified atom stereocenters. The van der Waals surface area contributed by atoms with Crippen LogP contribution in [0, 0.1) is 12.1 Å². The molecule has 11 nitrogen and oxygen atoms in total. The predicted octanol–water partition coefficient (Wildman–Crippen LogP) is 3.12. The Balaban J connectivity index is 1.51. The van der Waals surface area contributed by atoms with Gasteiger partial charge in [-0.3, -0.25) is 5.21 Å². The number of pyridine rings is 1. The van der Waals surface area contributed by atoms with Gasteiger partial charge in [-0.05, 0) is 43.5 Å². The fourth-order valence-electron chi connectivity index (χ4n) is 4.21. The number of fused-ring (bicyclic) bond motifs is 3. The molecule has 0 radical (unpaired) electrons. The van der Waals surface area contributed by atoms with Crippen molar-refractivity contribution in [3.8, 4) is 0 Å². The van der Waals surface area contributed by atoms with Gasteiger partial charge in [0.25, 0.3) is 0 Å². The van der Waals surface area contributed by atoms with Crippen molar-refractivity contribution in [3.05, 3.63) is 59.1 Å². The number of hydrogen-bond acceptors (Lipinski definition) is 9. The summed E-state index contributed by atoms with van der Waals surface area (Å²) >= 11 is 0. The van der Waals surface area contributed by atoms with Crippen LogP contribution in [0.4, 0.5) is 11.5 Å². The highest BCUT2D eigenvalue weighted by molar-refractivity contribution is 7.89. The van der Waals surface area contributed by atoms with Crippen molar-refractivity contribution in [1.82, 2.24) is 19.3 Å².